The minimum absolute atomic E-state index is 0.0220. The first-order chi connectivity index (χ1) is 14.4. The van der Waals surface area contributed by atoms with E-state index in [0.29, 0.717) is 38.6 Å². The maximum absolute atomic E-state index is 13.2. The molecule has 30 heavy (non-hydrogen) atoms. The van der Waals surface area contributed by atoms with Gasteiger partial charge in [-0.15, -0.1) is 0 Å². The van der Waals surface area contributed by atoms with Crippen LogP contribution in [-0.4, -0.2) is 57.0 Å². The van der Waals surface area contributed by atoms with Crippen molar-refractivity contribution in [2.75, 3.05) is 26.7 Å². The van der Waals surface area contributed by atoms with Gasteiger partial charge in [0.05, 0.1) is 6.54 Å². The van der Waals surface area contributed by atoms with Gasteiger partial charge in [0.15, 0.2) is 0 Å². The Morgan fingerprint density at radius 3 is 2.87 bits per heavy atom. The maximum Gasteiger partial charge on any atom is 0.317 e. The molecule has 0 radical (unpaired) electrons. The third-order valence-electron chi connectivity index (χ3n) is 6.11. The standard InChI is InChI=1S/C22H32N6O2/c1-4-7-23-22(30)27-10-16-8-18(13-27)19-6-5-17(21(29)28(19)11-16)12-26(3)14-20-24-9-15(2)25-20/h5-6,9,16,18H,4,7-8,10-14H2,1-3H3,(H,23,30)(H,24,25)/t16-,18+/m0/s1. The van der Waals surface area contributed by atoms with Crippen molar-refractivity contribution in [3.63, 3.8) is 0 Å². The molecule has 2 aliphatic heterocycles. The summed E-state index contributed by atoms with van der Waals surface area (Å²) in [7, 11) is 2.00. The molecule has 8 heteroatoms. The van der Waals surface area contributed by atoms with Gasteiger partial charge in [-0.1, -0.05) is 13.0 Å². The molecule has 4 heterocycles. The highest BCUT2D eigenvalue weighted by Gasteiger charge is 2.36. The van der Waals surface area contributed by atoms with Crippen LogP contribution in [0.15, 0.2) is 23.1 Å². The number of fused-ring (bicyclic) bond motifs is 4. The molecule has 2 bridgehead atoms. The van der Waals surface area contributed by atoms with Crippen LogP contribution in [0.3, 0.4) is 0 Å². The molecule has 2 aromatic heterocycles. The Morgan fingerprint density at radius 1 is 1.30 bits per heavy atom. The van der Waals surface area contributed by atoms with Crippen LogP contribution in [0.4, 0.5) is 4.79 Å². The highest BCUT2D eigenvalue weighted by atomic mass is 16.2. The van der Waals surface area contributed by atoms with Gasteiger partial charge < -0.3 is 19.8 Å². The quantitative estimate of drug-likeness (QED) is 0.760. The first kappa shape index (κ1) is 20.7. The summed E-state index contributed by atoms with van der Waals surface area (Å²) in [5.41, 5.74) is 3.02. The number of imidazole rings is 1. The average Bonchev–Trinajstić information content (AvgIpc) is 3.12. The van der Waals surface area contributed by atoms with Crippen molar-refractivity contribution in [2.24, 2.45) is 5.92 Å². The molecular weight excluding hydrogens is 380 g/mol. The highest BCUT2D eigenvalue weighted by molar-refractivity contribution is 5.74. The second-order valence-corrected chi connectivity index (χ2v) is 8.82. The van der Waals surface area contributed by atoms with Crippen molar-refractivity contribution in [3.05, 3.63) is 51.5 Å². The molecule has 0 aromatic carbocycles. The molecule has 2 aromatic rings. The summed E-state index contributed by atoms with van der Waals surface area (Å²) in [6.07, 6.45) is 3.80. The lowest BCUT2D eigenvalue weighted by Gasteiger charge is -2.42. The summed E-state index contributed by atoms with van der Waals surface area (Å²) >= 11 is 0. The minimum Gasteiger partial charge on any atom is -0.345 e. The summed E-state index contributed by atoms with van der Waals surface area (Å²) in [4.78, 5) is 37.3. The first-order valence-corrected chi connectivity index (χ1v) is 10.9. The van der Waals surface area contributed by atoms with Gasteiger partial charge in [0.1, 0.15) is 5.82 Å². The van der Waals surface area contributed by atoms with Gasteiger partial charge >= 0.3 is 6.03 Å². The summed E-state index contributed by atoms with van der Waals surface area (Å²) in [5.74, 6) is 1.47. The van der Waals surface area contributed by atoms with E-state index in [0.717, 1.165) is 42.2 Å². The molecule has 162 valence electrons. The van der Waals surface area contributed by atoms with Crippen molar-refractivity contribution in [3.8, 4) is 0 Å². The second-order valence-electron chi connectivity index (χ2n) is 8.82. The monoisotopic (exact) mass is 412 g/mol. The van der Waals surface area contributed by atoms with Gasteiger partial charge in [0.2, 0.25) is 0 Å². The molecule has 1 fully saturated rings. The molecule has 8 nitrogen and oxygen atoms in total. The van der Waals surface area contributed by atoms with E-state index in [9.17, 15) is 9.59 Å². The number of nitrogens with zero attached hydrogens (tertiary/aromatic N) is 4. The average molecular weight is 413 g/mol. The number of H-pyrrole nitrogens is 1. The zero-order valence-electron chi connectivity index (χ0n) is 18.1. The Hall–Kier alpha value is -2.61. The summed E-state index contributed by atoms with van der Waals surface area (Å²) in [6, 6.07) is 4.08. The van der Waals surface area contributed by atoms with Gasteiger partial charge in [0, 0.05) is 61.8 Å². The smallest absolute Gasteiger partial charge is 0.317 e. The third-order valence-corrected chi connectivity index (χ3v) is 6.11. The van der Waals surface area contributed by atoms with Crippen LogP contribution in [0.1, 0.15) is 48.5 Å². The molecule has 0 saturated carbocycles. The van der Waals surface area contributed by atoms with Crippen LogP contribution in [0.2, 0.25) is 0 Å². The molecule has 0 unspecified atom stereocenters. The Kier molecular flexibility index (Phi) is 5.94. The predicted octanol–water partition coefficient (Wildman–Crippen LogP) is 2.05. The molecule has 2 atom stereocenters. The number of piperidine rings is 1. The van der Waals surface area contributed by atoms with Gasteiger partial charge in [0.25, 0.3) is 5.56 Å². The Labute approximate surface area is 177 Å². The van der Waals surface area contributed by atoms with Crippen molar-refractivity contribution >= 4 is 6.03 Å². The number of hydrogen-bond acceptors (Lipinski definition) is 4. The van der Waals surface area contributed by atoms with Gasteiger partial charge in [-0.25, -0.2) is 9.78 Å². The molecule has 0 spiro atoms. The number of aromatic amines is 1. The first-order valence-electron chi connectivity index (χ1n) is 10.9. The highest BCUT2D eigenvalue weighted by Crippen LogP contribution is 2.35. The predicted molar refractivity (Wildman–Crippen MR) is 115 cm³/mol. The van der Waals surface area contributed by atoms with Gasteiger partial charge in [-0.3, -0.25) is 9.69 Å². The molecule has 2 N–H and O–H groups in total. The number of pyridine rings is 1. The summed E-state index contributed by atoms with van der Waals surface area (Å²) in [5, 5.41) is 2.98. The number of carbonyl (C=O) groups excluding carboxylic acids is 1. The number of amides is 2. The van der Waals surface area contributed by atoms with E-state index in [1.54, 1.807) is 0 Å². The zero-order chi connectivity index (χ0) is 21.3. The van der Waals surface area contributed by atoms with Crippen molar-refractivity contribution in [2.45, 2.75) is 52.2 Å². The third kappa shape index (κ3) is 4.28. The Morgan fingerprint density at radius 2 is 2.13 bits per heavy atom. The fourth-order valence-electron chi connectivity index (χ4n) is 4.77. The molecule has 4 rings (SSSR count). The largest absolute Gasteiger partial charge is 0.345 e. The number of aromatic nitrogens is 3. The van der Waals surface area contributed by atoms with E-state index in [4.69, 9.17) is 0 Å². The zero-order valence-corrected chi connectivity index (χ0v) is 18.1. The van der Waals surface area contributed by atoms with Crippen LogP contribution >= 0.6 is 0 Å². The minimum atomic E-state index is 0.0220. The van der Waals surface area contributed by atoms with Crippen molar-refractivity contribution in [1.82, 2.24) is 29.7 Å². The number of hydrogen-bond donors (Lipinski definition) is 2. The van der Waals surface area contributed by atoms with Crippen molar-refractivity contribution in [1.29, 1.82) is 0 Å². The van der Waals surface area contributed by atoms with E-state index in [2.05, 4.69) is 33.2 Å². The molecule has 2 amide bonds. The van der Waals surface area contributed by atoms with Crippen molar-refractivity contribution < 1.29 is 4.79 Å². The van der Waals surface area contributed by atoms with Crippen LogP contribution in [0, 0.1) is 12.8 Å². The van der Waals surface area contributed by atoms with Crippen LogP contribution in [0.25, 0.3) is 0 Å². The van der Waals surface area contributed by atoms with E-state index in [-0.39, 0.29) is 17.5 Å². The number of likely N-dealkylation sites (tertiary alicyclic amines) is 1. The summed E-state index contributed by atoms with van der Waals surface area (Å²) < 4.78 is 1.96. The number of carbonyl (C=O) groups is 1. The Balaban J connectivity index is 1.47. The van der Waals surface area contributed by atoms with E-state index in [1.807, 2.05) is 35.7 Å². The lowest BCUT2D eigenvalue weighted by molar-refractivity contribution is 0.131. The second kappa shape index (κ2) is 8.63. The normalized spacial score (nSPS) is 20.3. The topological polar surface area (TPSA) is 86.3 Å². The van der Waals surface area contributed by atoms with E-state index >= 15 is 0 Å². The summed E-state index contributed by atoms with van der Waals surface area (Å²) in [6.45, 7) is 8.09. The maximum atomic E-state index is 13.2. The number of aryl methyl sites for hydroxylation is 1. The lowest BCUT2D eigenvalue weighted by Crippen LogP contribution is -2.52. The number of rotatable bonds is 6. The fraction of sp³-hybridized carbons (Fsp3) is 0.591. The van der Waals surface area contributed by atoms with Gasteiger partial charge in [-0.2, -0.15) is 0 Å². The number of urea groups is 1. The molecule has 0 aliphatic carbocycles. The van der Waals surface area contributed by atoms with Crippen LogP contribution < -0.4 is 10.9 Å². The number of nitrogens with one attached hydrogen (secondary N) is 2. The van der Waals surface area contributed by atoms with Gasteiger partial charge in [-0.05, 0) is 38.8 Å². The molecule has 2 aliphatic rings. The molecular formula is C22H32N6O2. The Bertz CT molecular complexity index is 965. The van der Waals surface area contributed by atoms with E-state index in [1.165, 1.54) is 0 Å². The lowest BCUT2D eigenvalue weighted by atomic mass is 9.83. The SMILES string of the molecule is CCCNC(=O)N1C[C@@H]2C[C@H](C1)c1ccc(CN(C)Cc3ncc(C)[nH]3)c(=O)n1C2. The molecule has 1 saturated heterocycles. The fourth-order valence-corrected chi connectivity index (χ4v) is 4.77. The van der Waals surface area contributed by atoms with Crippen LogP contribution in [-0.2, 0) is 19.6 Å². The van der Waals surface area contributed by atoms with Crippen LogP contribution in [0.5, 0.6) is 0 Å². The van der Waals surface area contributed by atoms with E-state index < -0.39 is 0 Å².